The minimum Gasteiger partial charge on any atom is -0.395 e. The van der Waals surface area contributed by atoms with Crippen molar-refractivity contribution in [2.24, 2.45) is 0 Å². The van der Waals surface area contributed by atoms with Crippen LogP contribution in [0.1, 0.15) is 16.1 Å². The van der Waals surface area contributed by atoms with E-state index in [1.807, 2.05) is 37.3 Å². The Balaban J connectivity index is 2.31. The number of amides is 1. The number of rotatable bonds is 4. The smallest absolute Gasteiger partial charge is 0.257 e. The average molecular weight is 259 g/mol. The fourth-order valence-electron chi connectivity index (χ4n) is 1.91. The lowest BCUT2D eigenvalue weighted by Crippen LogP contribution is -2.29. The number of hydrogen-bond acceptors (Lipinski definition) is 3. The van der Waals surface area contributed by atoms with Gasteiger partial charge in [-0.1, -0.05) is 18.2 Å². The molecule has 5 nitrogen and oxygen atoms in total. The Morgan fingerprint density at radius 3 is 2.68 bits per heavy atom. The topological polar surface area (TPSA) is 58.4 Å². The molecule has 0 atom stereocenters. The van der Waals surface area contributed by atoms with Gasteiger partial charge in [-0.3, -0.25) is 4.79 Å². The van der Waals surface area contributed by atoms with E-state index in [1.54, 1.807) is 17.9 Å². The van der Waals surface area contributed by atoms with Gasteiger partial charge in [0.1, 0.15) is 0 Å². The molecule has 0 spiro atoms. The van der Waals surface area contributed by atoms with Crippen LogP contribution >= 0.6 is 0 Å². The van der Waals surface area contributed by atoms with Gasteiger partial charge in [-0.15, -0.1) is 0 Å². The minimum absolute atomic E-state index is 0.0475. The van der Waals surface area contributed by atoms with Gasteiger partial charge in [-0.25, -0.2) is 4.68 Å². The summed E-state index contributed by atoms with van der Waals surface area (Å²) in [4.78, 5) is 13.6. The summed E-state index contributed by atoms with van der Waals surface area (Å²) in [5.74, 6) is -0.131. The molecule has 100 valence electrons. The zero-order chi connectivity index (χ0) is 13.8. The van der Waals surface area contributed by atoms with E-state index in [4.69, 9.17) is 5.11 Å². The van der Waals surface area contributed by atoms with Gasteiger partial charge in [-0.2, -0.15) is 5.10 Å². The lowest BCUT2D eigenvalue weighted by atomic mass is 10.2. The van der Waals surface area contributed by atoms with Crippen LogP contribution in [0, 0.1) is 6.92 Å². The van der Waals surface area contributed by atoms with E-state index >= 15 is 0 Å². The Hall–Kier alpha value is -2.14. The number of aromatic nitrogens is 2. The van der Waals surface area contributed by atoms with Crippen molar-refractivity contribution in [1.29, 1.82) is 0 Å². The summed E-state index contributed by atoms with van der Waals surface area (Å²) < 4.78 is 1.74. The van der Waals surface area contributed by atoms with Crippen molar-refractivity contribution in [3.8, 4) is 5.69 Å². The standard InChI is InChI=1S/C14H17N3O2/c1-11-13(14(19)16(2)8-9-18)10-15-17(11)12-6-4-3-5-7-12/h3-7,10,18H,8-9H2,1-2H3. The SMILES string of the molecule is Cc1c(C(=O)N(C)CCO)cnn1-c1ccccc1. The van der Waals surface area contributed by atoms with E-state index < -0.39 is 0 Å². The number of aliphatic hydroxyl groups excluding tert-OH is 1. The predicted octanol–water partition coefficient (Wildman–Crippen LogP) is 1.25. The van der Waals surface area contributed by atoms with Crippen LogP contribution in [0.2, 0.25) is 0 Å². The molecule has 2 aromatic rings. The second-order valence-electron chi connectivity index (χ2n) is 4.34. The number of carbonyl (C=O) groups excluding carboxylic acids is 1. The third kappa shape index (κ3) is 2.66. The van der Waals surface area contributed by atoms with Gasteiger partial charge in [0, 0.05) is 13.6 Å². The van der Waals surface area contributed by atoms with Crippen molar-refractivity contribution in [2.75, 3.05) is 20.2 Å². The van der Waals surface area contributed by atoms with E-state index in [2.05, 4.69) is 5.10 Å². The first kappa shape index (κ1) is 13.3. The lowest BCUT2D eigenvalue weighted by Gasteiger charge is -2.15. The maximum Gasteiger partial charge on any atom is 0.257 e. The van der Waals surface area contributed by atoms with Crippen molar-refractivity contribution in [3.63, 3.8) is 0 Å². The van der Waals surface area contributed by atoms with Gasteiger partial charge in [0.15, 0.2) is 0 Å². The molecule has 1 N–H and O–H groups in total. The summed E-state index contributed by atoms with van der Waals surface area (Å²) in [6.45, 7) is 2.13. The molecule has 19 heavy (non-hydrogen) atoms. The van der Waals surface area contributed by atoms with E-state index in [0.29, 0.717) is 12.1 Å². The Bertz CT molecular complexity index is 563. The number of aliphatic hydroxyl groups is 1. The summed E-state index contributed by atoms with van der Waals surface area (Å²) in [7, 11) is 1.66. The number of para-hydroxylation sites is 1. The van der Waals surface area contributed by atoms with Gasteiger partial charge >= 0.3 is 0 Å². The Kier molecular flexibility index (Phi) is 3.97. The first-order valence-electron chi connectivity index (χ1n) is 6.11. The number of carbonyl (C=O) groups is 1. The van der Waals surface area contributed by atoms with Gasteiger partial charge in [0.25, 0.3) is 5.91 Å². The van der Waals surface area contributed by atoms with Gasteiger partial charge in [0.2, 0.25) is 0 Å². The average Bonchev–Trinajstić information content (AvgIpc) is 2.81. The van der Waals surface area contributed by atoms with Crippen molar-refractivity contribution in [2.45, 2.75) is 6.92 Å². The van der Waals surface area contributed by atoms with E-state index in [9.17, 15) is 4.79 Å². The quantitative estimate of drug-likeness (QED) is 0.899. The molecule has 0 saturated carbocycles. The third-order valence-corrected chi connectivity index (χ3v) is 3.02. The molecule has 5 heteroatoms. The molecular formula is C14H17N3O2. The lowest BCUT2D eigenvalue weighted by molar-refractivity contribution is 0.0766. The van der Waals surface area contributed by atoms with Gasteiger partial charge < -0.3 is 10.0 Å². The van der Waals surface area contributed by atoms with Crippen LogP contribution in [0.4, 0.5) is 0 Å². The van der Waals surface area contributed by atoms with Crippen LogP contribution in [0.3, 0.4) is 0 Å². The zero-order valence-corrected chi connectivity index (χ0v) is 11.1. The summed E-state index contributed by atoms with van der Waals surface area (Å²) in [5, 5.41) is 13.1. The summed E-state index contributed by atoms with van der Waals surface area (Å²) >= 11 is 0. The molecule has 0 aliphatic heterocycles. The first-order valence-corrected chi connectivity index (χ1v) is 6.11. The normalized spacial score (nSPS) is 10.5. The van der Waals surface area contributed by atoms with Crippen molar-refractivity contribution in [3.05, 3.63) is 47.8 Å². The highest BCUT2D eigenvalue weighted by Gasteiger charge is 2.18. The van der Waals surface area contributed by atoms with Crippen LogP contribution in [0.5, 0.6) is 0 Å². The van der Waals surface area contributed by atoms with Crippen LogP contribution in [0.15, 0.2) is 36.5 Å². The van der Waals surface area contributed by atoms with Gasteiger partial charge in [0.05, 0.1) is 29.7 Å². The molecule has 0 saturated heterocycles. The number of hydrogen-bond donors (Lipinski definition) is 1. The van der Waals surface area contributed by atoms with E-state index in [1.165, 1.54) is 4.90 Å². The molecule has 1 amide bonds. The highest BCUT2D eigenvalue weighted by molar-refractivity contribution is 5.95. The third-order valence-electron chi connectivity index (χ3n) is 3.02. The molecule has 0 aliphatic carbocycles. The molecule has 1 aromatic heterocycles. The maximum absolute atomic E-state index is 12.2. The highest BCUT2D eigenvalue weighted by Crippen LogP contribution is 2.15. The summed E-state index contributed by atoms with van der Waals surface area (Å²) in [6.07, 6.45) is 1.57. The van der Waals surface area contributed by atoms with Crippen LogP contribution in [-0.4, -0.2) is 45.9 Å². The maximum atomic E-state index is 12.2. The largest absolute Gasteiger partial charge is 0.395 e. The van der Waals surface area contributed by atoms with Crippen molar-refractivity contribution >= 4 is 5.91 Å². The molecule has 0 unspecified atom stereocenters. The molecule has 0 bridgehead atoms. The molecule has 1 aromatic carbocycles. The predicted molar refractivity (Wildman–Crippen MR) is 72.3 cm³/mol. The fraction of sp³-hybridized carbons (Fsp3) is 0.286. The molecule has 0 radical (unpaired) electrons. The number of likely N-dealkylation sites (N-methyl/N-ethyl adjacent to an activating group) is 1. The molecule has 2 rings (SSSR count). The zero-order valence-electron chi connectivity index (χ0n) is 11.1. The van der Waals surface area contributed by atoms with Crippen LogP contribution in [0.25, 0.3) is 5.69 Å². The monoisotopic (exact) mass is 259 g/mol. The van der Waals surface area contributed by atoms with E-state index in [0.717, 1.165) is 11.4 Å². The van der Waals surface area contributed by atoms with Crippen molar-refractivity contribution in [1.82, 2.24) is 14.7 Å². The number of benzene rings is 1. The highest BCUT2D eigenvalue weighted by atomic mass is 16.3. The second kappa shape index (κ2) is 5.67. The van der Waals surface area contributed by atoms with Gasteiger partial charge in [-0.05, 0) is 19.1 Å². The van der Waals surface area contributed by atoms with Crippen LogP contribution in [-0.2, 0) is 0 Å². The Morgan fingerprint density at radius 1 is 1.37 bits per heavy atom. The Labute approximate surface area is 112 Å². The Morgan fingerprint density at radius 2 is 2.05 bits per heavy atom. The first-order chi connectivity index (χ1) is 9.15. The number of nitrogens with zero attached hydrogens (tertiary/aromatic N) is 3. The molecular weight excluding hydrogens is 242 g/mol. The van der Waals surface area contributed by atoms with E-state index in [-0.39, 0.29) is 12.5 Å². The summed E-state index contributed by atoms with van der Waals surface area (Å²) in [5.41, 5.74) is 2.27. The van der Waals surface area contributed by atoms with Crippen LogP contribution < -0.4 is 0 Å². The molecule has 1 heterocycles. The van der Waals surface area contributed by atoms with Crippen molar-refractivity contribution < 1.29 is 9.90 Å². The molecule has 0 fully saturated rings. The summed E-state index contributed by atoms with van der Waals surface area (Å²) in [6, 6.07) is 9.66. The minimum atomic E-state index is -0.131. The fourth-order valence-corrected chi connectivity index (χ4v) is 1.91. The second-order valence-corrected chi connectivity index (χ2v) is 4.34. The molecule has 0 aliphatic rings.